The molecule has 0 aromatic carbocycles. The van der Waals surface area contributed by atoms with E-state index in [0.29, 0.717) is 13.0 Å². The van der Waals surface area contributed by atoms with Crippen molar-refractivity contribution in [1.82, 2.24) is 20.1 Å². The van der Waals surface area contributed by atoms with Crippen molar-refractivity contribution in [3.05, 3.63) is 5.82 Å². The predicted octanol–water partition coefficient (Wildman–Crippen LogP) is 0.517. The van der Waals surface area contributed by atoms with Crippen molar-refractivity contribution in [3.8, 4) is 0 Å². The maximum absolute atomic E-state index is 11.5. The Balaban J connectivity index is 2.08. The zero-order valence-electron chi connectivity index (χ0n) is 10.6. The summed E-state index contributed by atoms with van der Waals surface area (Å²) in [4.78, 5) is 11.5. The van der Waals surface area contributed by atoms with Gasteiger partial charge in [-0.15, -0.1) is 10.2 Å². The van der Waals surface area contributed by atoms with Gasteiger partial charge in [0.05, 0.1) is 6.54 Å². The lowest BCUT2D eigenvalue weighted by Gasteiger charge is -2.12. The van der Waals surface area contributed by atoms with Crippen LogP contribution >= 0.6 is 11.8 Å². The number of nitrogens with zero attached hydrogens (tertiary/aromatic N) is 3. The van der Waals surface area contributed by atoms with Crippen LogP contribution in [0, 0.1) is 0 Å². The Morgan fingerprint density at radius 2 is 2.39 bits per heavy atom. The molecule has 7 heteroatoms. The minimum atomic E-state index is 0.131. The molecule has 1 fully saturated rings. The molecule has 0 saturated carbocycles. The van der Waals surface area contributed by atoms with E-state index in [9.17, 15) is 4.79 Å². The SMILES string of the molecule is CCn1c(CN)nnc1SC1CCCNC(=O)C1. The van der Waals surface area contributed by atoms with Gasteiger partial charge in [0.15, 0.2) is 5.16 Å². The number of rotatable bonds is 4. The number of carbonyl (C=O) groups is 1. The minimum absolute atomic E-state index is 0.131. The highest BCUT2D eigenvalue weighted by Crippen LogP contribution is 2.28. The molecule has 1 aliphatic heterocycles. The molecule has 0 bridgehead atoms. The van der Waals surface area contributed by atoms with E-state index >= 15 is 0 Å². The first-order valence-corrected chi connectivity index (χ1v) is 7.18. The first-order valence-electron chi connectivity index (χ1n) is 6.30. The second-order valence-corrected chi connectivity index (χ2v) is 5.55. The summed E-state index contributed by atoms with van der Waals surface area (Å²) in [6, 6.07) is 0. The van der Waals surface area contributed by atoms with Crippen molar-refractivity contribution in [2.24, 2.45) is 5.73 Å². The molecule has 2 rings (SSSR count). The van der Waals surface area contributed by atoms with Crippen molar-refractivity contribution in [3.63, 3.8) is 0 Å². The lowest BCUT2D eigenvalue weighted by Crippen LogP contribution is -2.23. The van der Waals surface area contributed by atoms with Gasteiger partial charge in [0, 0.05) is 24.8 Å². The predicted molar refractivity (Wildman–Crippen MR) is 70.1 cm³/mol. The number of carbonyl (C=O) groups excluding carboxylic acids is 1. The summed E-state index contributed by atoms with van der Waals surface area (Å²) in [7, 11) is 0. The van der Waals surface area contributed by atoms with Gasteiger partial charge in [0.25, 0.3) is 0 Å². The third-order valence-corrected chi connectivity index (χ3v) is 4.25. The van der Waals surface area contributed by atoms with E-state index in [2.05, 4.69) is 15.5 Å². The molecule has 0 radical (unpaired) electrons. The quantitative estimate of drug-likeness (QED) is 0.832. The third-order valence-electron chi connectivity index (χ3n) is 3.00. The first kappa shape index (κ1) is 13.4. The van der Waals surface area contributed by atoms with Crippen molar-refractivity contribution in [2.45, 2.75) is 49.7 Å². The summed E-state index contributed by atoms with van der Waals surface area (Å²) in [6.07, 6.45) is 2.60. The topological polar surface area (TPSA) is 85.8 Å². The molecule has 1 unspecified atom stereocenters. The standard InChI is InChI=1S/C11H19N5OS/c1-2-16-9(7-12)14-15-11(16)18-8-4-3-5-13-10(17)6-8/h8H,2-7,12H2,1H3,(H,13,17). The molecular weight excluding hydrogens is 250 g/mol. The summed E-state index contributed by atoms with van der Waals surface area (Å²) < 4.78 is 2.02. The number of nitrogens with two attached hydrogens (primary N) is 1. The van der Waals surface area contributed by atoms with Crippen molar-refractivity contribution in [1.29, 1.82) is 0 Å². The molecule has 1 aromatic rings. The molecule has 18 heavy (non-hydrogen) atoms. The average Bonchev–Trinajstić information content (AvgIpc) is 2.64. The maximum atomic E-state index is 11.5. The normalized spacial score (nSPS) is 20.6. The molecule has 1 aromatic heterocycles. The molecule has 0 aliphatic carbocycles. The summed E-state index contributed by atoms with van der Waals surface area (Å²) in [5.41, 5.74) is 5.62. The zero-order valence-corrected chi connectivity index (χ0v) is 11.4. The monoisotopic (exact) mass is 269 g/mol. The van der Waals surface area contributed by atoms with Crippen LogP contribution in [-0.4, -0.2) is 32.5 Å². The van der Waals surface area contributed by atoms with E-state index in [1.54, 1.807) is 11.8 Å². The minimum Gasteiger partial charge on any atom is -0.356 e. The smallest absolute Gasteiger partial charge is 0.221 e. The highest BCUT2D eigenvalue weighted by molar-refractivity contribution is 7.99. The van der Waals surface area contributed by atoms with Gasteiger partial charge in [0.2, 0.25) is 5.91 Å². The fourth-order valence-electron chi connectivity index (χ4n) is 2.06. The van der Waals surface area contributed by atoms with Gasteiger partial charge >= 0.3 is 0 Å². The van der Waals surface area contributed by atoms with Crippen LogP contribution in [0.2, 0.25) is 0 Å². The number of aromatic nitrogens is 3. The highest BCUT2D eigenvalue weighted by Gasteiger charge is 2.21. The second-order valence-electron chi connectivity index (χ2n) is 4.28. The number of thioether (sulfide) groups is 1. The van der Waals surface area contributed by atoms with Gasteiger partial charge in [-0.3, -0.25) is 4.79 Å². The Labute approximate surface area is 111 Å². The summed E-state index contributed by atoms with van der Waals surface area (Å²) >= 11 is 1.64. The van der Waals surface area contributed by atoms with Gasteiger partial charge < -0.3 is 15.6 Å². The molecular formula is C11H19N5OS. The Morgan fingerprint density at radius 3 is 3.11 bits per heavy atom. The molecule has 0 spiro atoms. The van der Waals surface area contributed by atoms with E-state index in [4.69, 9.17) is 5.73 Å². The number of amides is 1. The summed E-state index contributed by atoms with van der Waals surface area (Å²) in [5, 5.41) is 12.3. The zero-order chi connectivity index (χ0) is 13.0. The molecule has 1 atom stereocenters. The Kier molecular flexibility index (Phi) is 4.60. The molecule has 6 nitrogen and oxygen atoms in total. The van der Waals surface area contributed by atoms with E-state index in [1.807, 2.05) is 11.5 Å². The van der Waals surface area contributed by atoms with Crippen molar-refractivity contribution < 1.29 is 4.79 Å². The van der Waals surface area contributed by atoms with E-state index in [0.717, 1.165) is 36.9 Å². The van der Waals surface area contributed by atoms with Crippen LogP contribution in [0.15, 0.2) is 5.16 Å². The largest absolute Gasteiger partial charge is 0.356 e. The second kappa shape index (κ2) is 6.19. The van der Waals surface area contributed by atoms with Crippen LogP contribution < -0.4 is 11.1 Å². The van der Waals surface area contributed by atoms with Gasteiger partial charge in [0.1, 0.15) is 5.82 Å². The lowest BCUT2D eigenvalue weighted by atomic mass is 10.2. The van der Waals surface area contributed by atoms with E-state index < -0.39 is 0 Å². The van der Waals surface area contributed by atoms with Crippen LogP contribution in [0.4, 0.5) is 0 Å². The molecule has 2 heterocycles. The fourth-order valence-corrected chi connectivity index (χ4v) is 3.33. The Morgan fingerprint density at radius 1 is 1.56 bits per heavy atom. The highest BCUT2D eigenvalue weighted by atomic mass is 32.2. The number of hydrogen-bond donors (Lipinski definition) is 2. The molecule has 1 amide bonds. The van der Waals surface area contributed by atoms with Crippen LogP contribution in [0.5, 0.6) is 0 Å². The van der Waals surface area contributed by atoms with Gasteiger partial charge in [-0.2, -0.15) is 0 Å². The Bertz CT molecular complexity index is 420. The average molecular weight is 269 g/mol. The molecule has 100 valence electrons. The molecule has 1 aliphatic rings. The van der Waals surface area contributed by atoms with E-state index in [1.165, 1.54) is 0 Å². The van der Waals surface area contributed by atoms with Crippen LogP contribution in [0.1, 0.15) is 32.0 Å². The van der Waals surface area contributed by atoms with Crippen LogP contribution in [-0.2, 0) is 17.9 Å². The lowest BCUT2D eigenvalue weighted by molar-refractivity contribution is -0.120. The molecule has 3 N–H and O–H groups in total. The van der Waals surface area contributed by atoms with Crippen LogP contribution in [0.25, 0.3) is 0 Å². The van der Waals surface area contributed by atoms with Gasteiger partial charge in [-0.05, 0) is 19.8 Å². The Hall–Kier alpha value is -1.08. The van der Waals surface area contributed by atoms with Gasteiger partial charge in [-0.25, -0.2) is 0 Å². The number of hydrogen-bond acceptors (Lipinski definition) is 5. The van der Waals surface area contributed by atoms with Crippen LogP contribution in [0.3, 0.4) is 0 Å². The molecule has 1 saturated heterocycles. The van der Waals surface area contributed by atoms with E-state index in [-0.39, 0.29) is 11.2 Å². The summed E-state index contributed by atoms with van der Waals surface area (Å²) in [6.45, 7) is 4.03. The summed E-state index contributed by atoms with van der Waals surface area (Å²) in [5.74, 6) is 0.935. The van der Waals surface area contributed by atoms with Crippen molar-refractivity contribution >= 4 is 17.7 Å². The first-order chi connectivity index (χ1) is 8.74. The van der Waals surface area contributed by atoms with Crippen molar-refractivity contribution in [2.75, 3.05) is 6.54 Å². The maximum Gasteiger partial charge on any atom is 0.221 e. The number of nitrogens with one attached hydrogen (secondary N) is 1. The van der Waals surface area contributed by atoms with Gasteiger partial charge in [-0.1, -0.05) is 11.8 Å². The fraction of sp³-hybridized carbons (Fsp3) is 0.727. The third kappa shape index (κ3) is 3.02.